The molecule has 1 saturated heterocycles. The first-order chi connectivity index (χ1) is 9.34. The molecule has 0 spiro atoms. The molecule has 2 atom stereocenters. The standard InChI is InChI=1S/C15H17ClN2O/c16-15(14-8-4-5-9-19-14)12-10-17-18(11-12)13-6-2-1-3-7-13/h1-3,6-7,10-11,14-15H,4-5,8-9H2. The molecular formula is C15H17ClN2O. The maximum Gasteiger partial charge on any atom is 0.0877 e. The van der Waals surface area contributed by atoms with Gasteiger partial charge < -0.3 is 4.74 Å². The molecule has 0 bridgehead atoms. The normalized spacial score (nSPS) is 21.2. The van der Waals surface area contributed by atoms with Crippen molar-refractivity contribution in [1.29, 1.82) is 0 Å². The first-order valence-corrected chi connectivity index (χ1v) is 7.14. The Kier molecular flexibility index (Phi) is 3.85. The molecule has 3 nitrogen and oxygen atoms in total. The van der Waals surface area contributed by atoms with Crippen LogP contribution in [0.5, 0.6) is 0 Å². The van der Waals surface area contributed by atoms with Gasteiger partial charge in [-0.25, -0.2) is 4.68 Å². The van der Waals surface area contributed by atoms with Crippen LogP contribution < -0.4 is 0 Å². The van der Waals surface area contributed by atoms with Crippen LogP contribution in [0.2, 0.25) is 0 Å². The van der Waals surface area contributed by atoms with Gasteiger partial charge in [-0.2, -0.15) is 5.10 Å². The number of rotatable bonds is 3. The van der Waals surface area contributed by atoms with Crippen LogP contribution in [0.15, 0.2) is 42.7 Å². The molecule has 0 radical (unpaired) electrons. The van der Waals surface area contributed by atoms with Crippen molar-refractivity contribution in [3.8, 4) is 5.69 Å². The number of para-hydroxylation sites is 1. The topological polar surface area (TPSA) is 27.1 Å². The van der Waals surface area contributed by atoms with Crippen LogP contribution in [-0.4, -0.2) is 22.5 Å². The van der Waals surface area contributed by atoms with Crippen LogP contribution in [-0.2, 0) is 4.74 Å². The van der Waals surface area contributed by atoms with Crippen molar-refractivity contribution in [3.05, 3.63) is 48.3 Å². The zero-order valence-corrected chi connectivity index (χ0v) is 11.5. The summed E-state index contributed by atoms with van der Waals surface area (Å²) in [5.41, 5.74) is 2.07. The summed E-state index contributed by atoms with van der Waals surface area (Å²) in [4.78, 5) is 0. The van der Waals surface area contributed by atoms with Crippen LogP contribution in [0, 0.1) is 0 Å². The van der Waals surface area contributed by atoms with E-state index in [1.165, 1.54) is 6.42 Å². The molecule has 4 heteroatoms. The van der Waals surface area contributed by atoms with Crippen molar-refractivity contribution in [2.75, 3.05) is 6.61 Å². The van der Waals surface area contributed by atoms with Crippen molar-refractivity contribution < 1.29 is 4.74 Å². The molecule has 0 N–H and O–H groups in total. The van der Waals surface area contributed by atoms with Gasteiger partial charge in [0.25, 0.3) is 0 Å². The summed E-state index contributed by atoms with van der Waals surface area (Å²) in [6, 6.07) is 10.0. The lowest BCUT2D eigenvalue weighted by atomic mass is 10.0. The molecule has 3 rings (SSSR count). The van der Waals surface area contributed by atoms with E-state index in [9.17, 15) is 0 Å². The Balaban J connectivity index is 1.77. The number of hydrogen-bond acceptors (Lipinski definition) is 2. The number of halogens is 1. The van der Waals surface area contributed by atoms with E-state index in [1.54, 1.807) is 0 Å². The predicted molar refractivity (Wildman–Crippen MR) is 75.7 cm³/mol. The maximum atomic E-state index is 6.51. The average Bonchev–Trinajstić information content (AvgIpc) is 2.98. The van der Waals surface area contributed by atoms with E-state index < -0.39 is 0 Å². The zero-order chi connectivity index (χ0) is 13.1. The van der Waals surface area contributed by atoms with Gasteiger partial charge in [0.05, 0.1) is 23.4 Å². The van der Waals surface area contributed by atoms with E-state index in [4.69, 9.17) is 16.3 Å². The molecule has 19 heavy (non-hydrogen) atoms. The molecule has 0 aliphatic carbocycles. The van der Waals surface area contributed by atoms with Crippen LogP contribution in [0.1, 0.15) is 30.2 Å². The predicted octanol–water partition coefficient (Wildman–Crippen LogP) is 3.72. The minimum absolute atomic E-state index is 0.113. The number of benzene rings is 1. The Hall–Kier alpha value is -1.32. The van der Waals surface area contributed by atoms with Gasteiger partial charge in [-0.05, 0) is 31.4 Å². The molecule has 2 aromatic rings. The van der Waals surface area contributed by atoms with Crippen LogP contribution >= 0.6 is 11.6 Å². The molecule has 100 valence electrons. The lowest BCUT2D eigenvalue weighted by Crippen LogP contribution is -2.23. The highest BCUT2D eigenvalue weighted by molar-refractivity contribution is 6.21. The van der Waals surface area contributed by atoms with Crippen molar-refractivity contribution in [3.63, 3.8) is 0 Å². The Bertz CT molecular complexity index is 520. The summed E-state index contributed by atoms with van der Waals surface area (Å²) in [6.07, 6.45) is 7.31. The second kappa shape index (κ2) is 5.76. The van der Waals surface area contributed by atoms with Crippen LogP contribution in [0.3, 0.4) is 0 Å². The highest BCUT2D eigenvalue weighted by atomic mass is 35.5. The second-order valence-corrected chi connectivity index (χ2v) is 5.33. The van der Waals surface area contributed by atoms with Crippen LogP contribution in [0.25, 0.3) is 5.69 Å². The molecule has 1 aromatic carbocycles. The van der Waals surface area contributed by atoms with Gasteiger partial charge in [-0.15, -0.1) is 11.6 Å². The third kappa shape index (κ3) is 2.82. The number of nitrogens with zero attached hydrogens (tertiary/aromatic N) is 2. The van der Waals surface area contributed by atoms with E-state index in [0.29, 0.717) is 0 Å². The maximum absolute atomic E-state index is 6.51. The minimum Gasteiger partial charge on any atom is -0.376 e. The van der Waals surface area contributed by atoms with Gasteiger partial charge >= 0.3 is 0 Å². The van der Waals surface area contributed by atoms with Gasteiger partial charge in [-0.3, -0.25) is 0 Å². The molecule has 2 heterocycles. The zero-order valence-electron chi connectivity index (χ0n) is 10.7. The molecule has 1 aliphatic heterocycles. The van der Waals surface area contributed by atoms with E-state index in [2.05, 4.69) is 5.10 Å². The van der Waals surface area contributed by atoms with Crippen molar-refractivity contribution in [1.82, 2.24) is 9.78 Å². The number of alkyl halides is 1. The van der Waals surface area contributed by atoms with E-state index in [0.717, 1.165) is 30.7 Å². The summed E-state index contributed by atoms with van der Waals surface area (Å²) in [7, 11) is 0. The first-order valence-electron chi connectivity index (χ1n) is 6.70. The summed E-state index contributed by atoms with van der Waals surface area (Å²) < 4.78 is 7.59. The fourth-order valence-electron chi connectivity index (χ4n) is 2.41. The van der Waals surface area contributed by atoms with E-state index >= 15 is 0 Å². The SMILES string of the molecule is ClC(c1cnn(-c2ccccc2)c1)C1CCCCO1. The third-order valence-electron chi connectivity index (χ3n) is 3.48. The number of aromatic nitrogens is 2. The smallest absolute Gasteiger partial charge is 0.0877 e. The molecule has 1 aromatic heterocycles. The summed E-state index contributed by atoms with van der Waals surface area (Å²) in [5, 5.41) is 4.27. The molecular weight excluding hydrogens is 260 g/mol. The third-order valence-corrected chi connectivity index (χ3v) is 4.02. The molecule has 1 aliphatic rings. The molecule has 0 amide bonds. The lowest BCUT2D eigenvalue weighted by molar-refractivity contribution is 0.0136. The number of ether oxygens (including phenoxy) is 1. The fourth-order valence-corrected chi connectivity index (χ4v) is 2.72. The highest BCUT2D eigenvalue weighted by Gasteiger charge is 2.25. The Morgan fingerprint density at radius 1 is 1.26 bits per heavy atom. The van der Waals surface area contributed by atoms with Gasteiger partial charge in [0.2, 0.25) is 0 Å². The molecule has 0 saturated carbocycles. The monoisotopic (exact) mass is 276 g/mol. The van der Waals surface area contributed by atoms with E-state index in [1.807, 2.05) is 47.4 Å². The Morgan fingerprint density at radius 2 is 2.11 bits per heavy atom. The van der Waals surface area contributed by atoms with Crippen molar-refractivity contribution >= 4 is 11.6 Å². The summed E-state index contributed by atoms with van der Waals surface area (Å²) in [6.45, 7) is 0.820. The molecule has 2 unspecified atom stereocenters. The first kappa shape index (κ1) is 12.7. The van der Waals surface area contributed by atoms with Gasteiger partial charge in [0.15, 0.2) is 0 Å². The van der Waals surface area contributed by atoms with Crippen molar-refractivity contribution in [2.24, 2.45) is 0 Å². The van der Waals surface area contributed by atoms with Gasteiger partial charge in [0, 0.05) is 18.4 Å². The molecule has 1 fully saturated rings. The highest BCUT2D eigenvalue weighted by Crippen LogP contribution is 2.31. The van der Waals surface area contributed by atoms with E-state index in [-0.39, 0.29) is 11.5 Å². The van der Waals surface area contributed by atoms with Gasteiger partial charge in [0.1, 0.15) is 0 Å². The van der Waals surface area contributed by atoms with Crippen molar-refractivity contribution in [2.45, 2.75) is 30.7 Å². The lowest BCUT2D eigenvalue weighted by Gasteiger charge is -2.25. The van der Waals surface area contributed by atoms with Gasteiger partial charge in [-0.1, -0.05) is 18.2 Å². The quantitative estimate of drug-likeness (QED) is 0.799. The summed E-state index contributed by atoms with van der Waals surface area (Å²) >= 11 is 6.51. The number of hydrogen-bond donors (Lipinski definition) is 0. The Morgan fingerprint density at radius 3 is 2.84 bits per heavy atom. The average molecular weight is 277 g/mol. The Labute approximate surface area is 118 Å². The fraction of sp³-hybridized carbons (Fsp3) is 0.400. The van der Waals surface area contributed by atoms with Crippen LogP contribution in [0.4, 0.5) is 0 Å². The summed E-state index contributed by atoms with van der Waals surface area (Å²) in [5.74, 6) is 0. The minimum atomic E-state index is -0.113. The second-order valence-electron chi connectivity index (χ2n) is 4.86. The largest absolute Gasteiger partial charge is 0.376 e.